The highest BCUT2D eigenvalue weighted by Crippen LogP contribution is 2.33. The minimum atomic E-state index is -0.372. The summed E-state index contributed by atoms with van der Waals surface area (Å²) in [6.45, 7) is 1.39. The van der Waals surface area contributed by atoms with Gasteiger partial charge in [0.15, 0.2) is 0 Å². The standard InChI is InChI=1S/C19H17FN2O/c20-15-5-3-4-13(10-15)19(23)22-9-8-14(12-22)17-11-21-18-7-2-1-6-16(17)18/h1-7,10-11,14,21H,8-9,12H2. The predicted octanol–water partition coefficient (Wildman–Crippen LogP) is 3.94. The molecule has 1 aliphatic rings. The number of aromatic nitrogens is 1. The van der Waals surface area contributed by atoms with Crippen molar-refractivity contribution in [2.75, 3.05) is 13.1 Å². The monoisotopic (exact) mass is 308 g/mol. The van der Waals surface area contributed by atoms with Gasteiger partial charge in [-0.05, 0) is 36.2 Å². The molecule has 1 saturated heterocycles. The van der Waals surface area contributed by atoms with Gasteiger partial charge in [-0.2, -0.15) is 0 Å². The molecule has 116 valence electrons. The first-order valence-electron chi connectivity index (χ1n) is 7.83. The largest absolute Gasteiger partial charge is 0.361 e. The van der Waals surface area contributed by atoms with E-state index >= 15 is 0 Å². The number of hydrogen-bond acceptors (Lipinski definition) is 1. The van der Waals surface area contributed by atoms with Crippen LogP contribution in [0.25, 0.3) is 10.9 Å². The Morgan fingerprint density at radius 1 is 1.17 bits per heavy atom. The van der Waals surface area contributed by atoms with E-state index < -0.39 is 0 Å². The van der Waals surface area contributed by atoms with Crippen molar-refractivity contribution in [1.29, 1.82) is 0 Å². The fraction of sp³-hybridized carbons (Fsp3) is 0.211. The van der Waals surface area contributed by atoms with Gasteiger partial charge in [0.1, 0.15) is 5.82 Å². The highest BCUT2D eigenvalue weighted by molar-refractivity contribution is 5.94. The summed E-state index contributed by atoms with van der Waals surface area (Å²) in [4.78, 5) is 17.6. The lowest BCUT2D eigenvalue weighted by Crippen LogP contribution is -2.28. The van der Waals surface area contributed by atoms with Crippen LogP contribution in [0.1, 0.15) is 28.3 Å². The maximum absolute atomic E-state index is 13.3. The van der Waals surface area contributed by atoms with Crippen LogP contribution < -0.4 is 0 Å². The number of carbonyl (C=O) groups is 1. The molecule has 2 aromatic carbocycles. The van der Waals surface area contributed by atoms with Gasteiger partial charge in [0.2, 0.25) is 0 Å². The molecule has 1 fully saturated rings. The van der Waals surface area contributed by atoms with Crippen LogP contribution in [-0.2, 0) is 0 Å². The summed E-state index contributed by atoms with van der Waals surface area (Å²) in [6.07, 6.45) is 2.98. The zero-order valence-electron chi connectivity index (χ0n) is 12.6. The number of halogens is 1. The van der Waals surface area contributed by atoms with Gasteiger partial charge in [0.25, 0.3) is 5.91 Å². The van der Waals surface area contributed by atoms with Crippen molar-refractivity contribution in [3.05, 3.63) is 71.7 Å². The average molecular weight is 308 g/mol. The third kappa shape index (κ3) is 2.50. The summed E-state index contributed by atoms with van der Waals surface area (Å²) in [5.74, 6) is -0.140. The molecule has 0 spiro atoms. The van der Waals surface area contributed by atoms with Crippen LogP contribution in [0, 0.1) is 5.82 Å². The summed E-state index contributed by atoms with van der Waals surface area (Å²) in [5.41, 5.74) is 2.80. The number of para-hydroxylation sites is 1. The third-order valence-corrected chi connectivity index (χ3v) is 4.61. The Hall–Kier alpha value is -2.62. The maximum atomic E-state index is 13.3. The molecule has 1 amide bonds. The molecule has 3 aromatic rings. The molecule has 4 rings (SSSR count). The van der Waals surface area contributed by atoms with Gasteiger partial charge in [-0.25, -0.2) is 4.39 Å². The average Bonchev–Trinajstić information content (AvgIpc) is 3.20. The molecule has 1 N–H and O–H groups in total. The topological polar surface area (TPSA) is 36.1 Å². The molecule has 4 heteroatoms. The first kappa shape index (κ1) is 14.0. The number of aromatic amines is 1. The summed E-state index contributed by atoms with van der Waals surface area (Å²) in [5, 5.41) is 1.22. The van der Waals surface area contributed by atoms with Crippen molar-refractivity contribution in [3.63, 3.8) is 0 Å². The number of likely N-dealkylation sites (tertiary alicyclic amines) is 1. The summed E-state index contributed by atoms with van der Waals surface area (Å²) in [7, 11) is 0. The maximum Gasteiger partial charge on any atom is 0.253 e. The fourth-order valence-corrected chi connectivity index (χ4v) is 3.43. The highest BCUT2D eigenvalue weighted by atomic mass is 19.1. The number of carbonyl (C=O) groups excluding carboxylic acids is 1. The quantitative estimate of drug-likeness (QED) is 0.765. The number of benzene rings is 2. The molecular weight excluding hydrogens is 291 g/mol. The smallest absolute Gasteiger partial charge is 0.253 e. The number of hydrogen-bond donors (Lipinski definition) is 1. The molecule has 0 radical (unpaired) electrons. The van der Waals surface area contributed by atoms with E-state index in [1.165, 1.54) is 23.1 Å². The first-order valence-corrected chi connectivity index (χ1v) is 7.83. The van der Waals surface area contributed by atoms with Crippen LogP contribution in [0.5, 0.6) is 0 Å². The number of fused-ring (bicyclic) bond motifs is 1. The Balaban J connectivity index is 1.56. The van der Waals surface area contributed by atoms with Crippen molar-refractivity contribution in [2.24, 2.45) is 0 Å². The van der Waals surface area contributed by atoms with Crippen molar-refractivity contribution in [1.82, 2.24) is 9.88 Å². The molecular formula is C19H17FN2O. The fourth-order valence-electron chi connectivity index (χ4n) is 3.43. The van der Waals surface area contributed by atoms with E-state index in [9.17, 15) is 9.18 Å². The van der Waals surface area contributed by atoms with Crippen LogP contribution in [0.4, 0.5) is 4.39 Å². The van der Waals surface area contributed by atoms with Crippen molar-refractivity contribution < 1.29 is 9.18 Å². The van der Waals surface area contributed by atoms with E-state index in [1.54, 1.807) is 12.1 Å². The minimum Gasteiger partial charge on any atom is -0.361 e. The zero-order valence-corrected chi connectivity index (χ0v) is 12.6. The van der Waals surface area contributed by atoms with Crippen LogP contribution in [0.3, 0.4) is 0 Å². The van der Waals surface area contributed by atoms with E-state index in [1.807, 2.05) is 23.2 Å². The lowest BCUT2D eigenvalue weighted by molar-refractivity contribution is 0.0790. The van der Waals surface area contributed by atoms with E-state index in [2.05, 4.69) is 17.1 Å². The van der Waals surface area contributed by atoms with Crippen LogP contribution in [0.15, 0.2) is 54.7 Å². The molecule has 1 atom stereocenters. The summed E-state index contributed by atoms with van der Waals surface area (Å²) >= 11 is 0. The van der Waals surface area contributed by atoms with Crippen molar-refractivity contribution in [2.45, 2.75) is 12.3 Å². The Morgan fingerprint density at radius 2 is 2.04 bits per heavy atom. The van der Waals surface area contributed by atoms with Crippen molar-refractivity contribution in [3.8, 4) is 0 Å². The van der Waals surface area contributed by atoms with Crippen LogP contribution in [-0.4, -0.2) is 28.9 Å². The number of rotatable bonds is 2. The third-order valence-electron chi connectivity index (χ3n) is 4.61. The molecule has 1 aromatic heterocycles. The normalized spacial score (nSPS) is 17.8. The van der Waals surface area contributed by atoms with Gasteiger partial charge in [0.05, 0.1) is 0 Å². The van der Waals surface area contributed by atoms with Gasteiger partial charge in [0, 0.05) is 41.7 Å². The summed E-state index contributed by atoms with van der Waals surface area (Å²) < 4.78 is 13.3. The van der Waals surface area contributed by atoms with Gasteiger partial charge in [-0.3, -0.25) is 4.79 Å². The molecule has 0 aliphatic carbocycles. The number of H-pyrrole nitrogens is 1. The van der Waals surface area contributed by atoms with Crippen LogP contribution in [0.2, 0.25) is 0 Å². The molecule has 3 nitrogen and oxygen atoms in total. The van der Waals surface area contributed by atoms with Crippen LogP contribution >= 0.6 is 0 Å². The summed E-state index contributed by atoms with van der Waals surface area (Å²) in [6, 6.07) is 14.1. The Labute approximate surface area is 133 Å². The highest BCUT2D eigenvalue weighted by Gasteiger charge is 2.29. The number of nitrogens with one attached hydrogen (secondary N) is 1. The van der Waals surface area contributed by atoms with E-state index in [0.717, 1.165) is 11.9 Å². The van der Waals surface area contributed by atoms with Crippen molar-refractivity contribution >= 4 is 16.8 Å². The predicted molar refractivity (Wildman–Crippen MR) is 88.0 cm³/mol. The minimum absolute atomic E-state index is 0.0909. The Kier molecular flexibility index (Phi) is 3.37. The SMILES string of the molecule is O=C(c1cccc(F)c1)N1CCC(c2c[nH]c3ccccc23)C1. The molecule has 0 saturated carbocycles. The second-order valence-corrected chi connectivity index (χ2v) is 6.04. The molecule has 0 bridgehead atoms. The first-order chi connectivity index (χ1) is 11.2. The second kappa shape index (κ2) is 5.54. The zero-order chi connectivity index (χ0) is 15.8. The van der Waals surface area contributed by atoms with Gasteiger partial charge >= 0.3 is 0 Å². The molecule has 23 heavy (non-hydrogen) atoms. The van der Waals surface area contributed by atoms with E-state index in [-0.39, 0.29) is 11.7 Å². The molecule has 1 aliphatic heterocycles. The van der Waals surface area contributed by atoms with Gasteiger partial charge in [-0.15, -0.1) is 0 Å². The molecule has 2 heterocycles. The number of nitrogens with zero attached hydrogens (tertiary/aromatic N) is 1. The van der Waals surface area contributed by atoms with Gasteiger partial charge < -0.3 is 9.88 Å². The lowest BCUT2D eigenvalue weighted by Gasteiger charge is -2.16. The Bertz CT molecular complexity index is 870. The number of amides is 1. The van der Waals surface area contributed by atoms with E-state index in [4.69, 9.17) is 0 Å². The second-order valence-electron chi connectivity index (χ2n) is 6.04. The lowest BCUT2D eigenvalue weighted by atomic mass is 9.98. The molecule has 1 unspecified atom stereocenters. The van der Waals surface area contributed by atoms with E-state index in [0.29, 0.717) is 24.6 Å². The van der Waals surface area contributed by atoms with Gasteiger partial charge in [-0.1, -0.05) is 24.3 Å². The Morgan fingerprint density at radius 3 is 2.91 bits per heavy atom.